The maximum absolute atomic E-state index is 13.5. The van der Waals surface area contributed by atoms with Crippen LogP contribution >= 0.6 is 24.0 Å². The molecule has 0 aliphatic carbocycles. The van der Waals surface area contributed by atoms with Crippen molar-refractivity contribution in [3.8, 4) is 0 Å². The van der Waals surface area contributed by atoms with Gasteiger partial charge in [-0.15, -0.1) is 24.0 Å². The zero-order valence-corrected chi connectivity index (χ0v) is 21.8. The Balaban J connectivity index is 0.00000306. The van der Waals surface area contributed by atoms with Gasteiger partial charge in [-0.2, -0.15) is 0 Å². The van der Waals surface area contributed by atoms with E-state index in [1.807, 2.05) is 19.2 Å². The summed E-state index contributed by atoms with van der Waals surface area (Å²) in [6, 6.07) is 18.1. The lowest BCUT2D eigenvalue weighted by Gasteiger charge is -2.39. The van der Waals surface area contributed by atoms with Crippen molar-refractivity contribution in [1.82, 2.24) is 15.5 Å². The van der Waals surface area contributed by atoms with E-state index < -0.39 is 0 Å². The van der Waals surface area contributed by atoms with E-state index >= 15 is 0 Å². The van der Waals surface area contributed by atoms with Crippen LogP contribution in [0.25, 0.3) is 0 Å². The molecule has 0 amide bonds. The van der Waals surface area contributed by atoms with Crippen LogP contribution in [0.4, 0.5) is 4.39 Å². The highest BCUT2D eigenvalue weighted by Gasteiger charge is 2.35. The first kappa shape index (κ1) is 25.9. The minimum absolute atomic E-state index is 0. The molecule has 0 unspecified atom stereocenters. The number of halogens is 2. The van der Waals surface area contributed by atoms with Crippen LogP contribution in [-0.4, -0.2) is 56.8 Å². The van der Waals surface area contributed by atoms with Gasteiger partial charge in [-0.3, -0.25) is 9.89 Å². The summed E-state index contributed by atoms with van der Waals surface area (Å²) in [6.45, 7) is 5.40. The summed E-state index contributed by atoms with van der Waals surface area (Å²) >= 11 is 0. The van der Waals surface area contributed by atoms with Crippen LogP contribution < -0.4 is 10.6 Å². The molecule has 33 heavy (non-hydrogen) atoms. The second kappa shape index (κ2) is 12.7. The number of nitrogens with zero attached hydrogens (tertiary/aromatic N) is 2. The molecule has 2 heterocycles. The quantitative estimate of drug-likeness (QED) is 0.311. The van der Waals surface area contributed by atoms with Crippen molar-refractivity contribution in [3.63, 3.8) is 0 Å². The molecule has 0 radical (unpaired) electrons. The molecular formula is C26H36FIN4O. The van der Waals surface area contributed by atoms with Crippen LogP contribution in [0.1, 0.15) is 36.8 Å². The number of aliphatic imine (C=N–C) groups is 1. The number of benzene rings is 2. The molecular weight excluding hydrogens is 530 g/mol. The first-order valence-electron chi connectivity index (χ1n) is 11.7. The molecule has 2 aliphatic heterocycles. The normalized spacial score (nSPS) is 19.5. The number of hydrogen-bond acceptors (Lipinski definition) is 3. The van der Waals surface area contributed by atoms with Gasteiger partial charge in [0.25, 0.3) is 0 Å². The molecule has 2 N–H and O–H groups in total. The molecule has 0 atom stereocenters. The maximum Gasteiger partial charge on any atom is 0.191 e. The van der Waals surface area contributed by atoms with Crippen LogP contribution in [0.5, 0.6) is 0 Å². The number of hydrogen-bond donors (Lipinski definition) is 2. The summed E-state index contributed by atoms with van der Waals surface area (Å²) in [5.41, 5.74) is 2.47. The molecule has 2 aromatic carbocycles. The lowest BCUT2D eigenvalue weighted by atomic mass is 9.74. The minimum Gasteiger partial charge on any atom is -0.381 e. The van der Waals surface area contributed by atoms with Gasteiger partial charge in [-0.1, -0.05) is 42.5 Å². The molecule has 7 heteroatoms. The molecule has 2 aliphatic rings. The van der Waals surface area contributed by atoms with E-state index in [1.165, 1.54) is 11.1 Å². The van der Waals surface area contributed by atoms with E-state index in [0.29, 0.717) is 6.04 Å². The molecule has 5 nitrogen and oxygen atoms in total. The number of piperidine rings is 1. The van der Waals surface area contributed by atoms with Crippen molar-refractivity contribution in [2.45, 2.75) is 43.7 Å². The molecule has 2 fully saturated rings. The second-order valence-electron chi connectivity index (χ2n) is 9.01. The van der Waals surface area contributed by atoms with Crippen molar-refractivity contribution in [1.29, 1.82) is 0 Å². The molecule has 180 valence electrons. The highest BCUT2D eigenvalue weighted by atomic mass is 127. The fraction of sp³-hybridized carbons (Fsp3) is 0.500. The molecule has 0 aromatic heterocycles. The fourth-order valence-corrected chi connectivity index (χ4v) is 4.85. The second-order valence-corrected chi connectivity index (χ2v) is 9.01. The van der Waals surface area contributed by atoms with Gasteiger partial charge in [0.2, 0.25) is 0 Å². The van der Waals surface area contributed by atoms with Gasteiger partial charge in [0.05, 0.1) is 0 Å². The third kappa shape index (κ3) is 7.13. The van der Waals surface area contributed by atoms with Gasteiger partial charge in [0, 0.05) is 57.9 Å². The smallest absolute Gasteiger partial charge is 0.191 e. The molecule has 2 aromatic rings. The summed E-state index contributed by atoms with van der Waals surface area (Å²) in [5, 5.41) is 7.20. The fourth-order valence-electron chi connectivity index (χ4n) is 4.85. The van der Waals surface area contributed by atoms with Crippen molar-refractivity contribution in [3.05, 3.63) is 71.5 Å². The SMILES string of the molecule is CN=C(NCC1(c2ccc(F)cc2)CCOCC1)NC1CCN(Cc2ccccc2)CC1.I. The highest BCUT2D eigenvalue weighted by molar-refractivity contribution is 14.0. The number of nitrogens with one attached hydrogen (secondary N) is 2. The standard InChI is InChI=1S/C26H35FN4O.HI/c1-28-25(30-24-11-15-31(16-12-24)19-21-5-3-2-4-6-21)29-20-26(13-17-32-18-14-26)22-7-9-23(27)10-8-22;/h2-10,24H,11-20H2,1H3,(H2,28,29,30);1H. The maximum atomic E-state index is 13.5. The summed E-state index contributed by atoms with van der Waals surface area (Å²) in [5.74, 6) is 0.652. The molecule has 0 spiro atoms. The Morgan fingerprint density at radius 3 is 2.36 bits per heavy atom. The average molecular weight is 567 g/mol. The molecule has 0 bridgehead atoms. The number of ether oxygens (including phenoxy) is 1. The van der Waals surface area contributed by atoms with Gasteiger partial charge >= 0.3 is 0 Å². The summed E-state index contributed by atoms with van der Waals surface area (Å²) < 4.78 is 19.1. The van der Waals surface area contributed by atoms with Crippen LogP contribution in [0.15, 0.2) is 59.6 Å². The monoisotopic (exact) mass is 566 g/mol. The topological polar surface area (TPSA) is 48.9 Å². The Bertz CT molecular complexity index is 864. The Morgan fingerprint density at radius 1 is 1.06 bits per heavy atom. The predicted octanol–water partition coefficient (Wildman–Crippen LogP) is 4.32. The zero-order valence-electron chi connectivity index (χ0n) is 19.4. The van der Waals surface area contributed by atoms with Crippen molar-refractivity contribution >= 4 is 29.9 Å². The molecule has 0 saturated carbocycles. The first-order valence-corrected chi connectivity index (χ1v) is 11.7. The molecule has 4 rings (SSSR count). The number of rotatable bonds is 6. The Hall–Kier alpha value is -1.71. The van der Waals surface area contributed by atoms with E-state index in [1.54, 1.807) is 12.1 Å². The predicted molar refractivity (Wildman–Crippen MR) is 143 cm³/mol. The van der Waals surface area contributed by atoms with Gasteiger partial charge in [-0.25, -0.2) is 4.39 Å². The largest absolute Gasteiger partial charge is 0.381 e. The van der Waals surface area contributed by atoms with E-state index in [9.17, 15) is 4.39 Å². The Labute approximate surface area is 214 Å². The Morgan fingerprint density at radius 2 is 1.73 bits per heavy atom. The lowest BCUT2D eigenvalue weighted by molar-refractivity contribution is 0.0513. The van der Waals surface area contributed by atoms with E-state index in [-0.39, 0.29) is 35.2 Å². The van der Waals surface area contributed by atoms with E-state index in [4.69, 9.17) is 4.74 Å². The average Bonchev–Trinajstić information content (AvgIpc) is 2.84. The zero-order chi connectivity index (χ0) is 22.2. The molecule has 2 saturated heterocycles. The van der Waals surface area contributed by atoms with Crippen LogP contribution in [0.3, 0.4) is 0 Å². The summed E-state index contributed by atoms with van der Waals surface area (Å²) in [4.78, 5) is 7.00. The first-order chi connectivity index (χ1) is 15.7. The van der Waals surface area contributed by atoms with Gasteiger partial charge in [-0.05, 0) is 48.9 Å². The van der Waals surface area contributed by atoms with Crippen LogP contribution in [-0.2, 0) is 16.7 Å². The Kier molecular flexibility index (Phi) is 9.94. The van der Waals surface area contributed by atoms with Gasteiger partial charge in [0.15, 0.2) is 5.96 Å². The minimum atomic E-state index is -0.194. The van der Waals surface area contributed by atoms with Crippen LogP contribution in [0, 0.1) is 5.82 Å². The number of guanidine groups is 1. The van der Waals surface area contributed by atoms with Crippen molar-refractivity contribution < 1.29 is 9.13 Å². The van der Waals surface area contributed by atoms with E-state index in [0.717, 1.165) is 71.0 Å². The van der Waals surface area contributed by atoms with Crippen molar-refractivity contribution in [2.75, 3.05) is 39.9 Å². The van der Waals surface area contributed by atoms with Crippen LogP contribution in [0.2, 0.25) is 0 Å². The van der Waals surface area contributed by atoms with E-state index in [2.05, 4.69) is 50.9 Å². The summed E-state index contributed by atoms with van der Waals surface area (Å²) in [7, 11) is 1.83. The lowest BCUT2D eigenvalue weighted by Crippen LogP contribution is -2.52. The van der Waals surface area contributed by atoms with Gasteiger partial charge < -0.3 is 15.4 Å². The number of likely N-dealkylation sites (tertiary alicyclic amines) is 1. The highest BCUT2D eigenvalue weighted by Crippen LogP contribution is 2.34. The van der Waals surface area contributed by atoms with Crippen molar-refractivity contribution in [2.24, 2.45) is 4.99 Å². The van der Waals surface area contributed by atoms with Gasteiger partial charge in [0.1, 0.15) is 5.82 Å². The third-order valence-electron chi connectivity index (χ3n) is 6.90. The third-order valence-corrected chi connectivity index (χ3v) is 6.90. The summed E-state index contributed by atoms with van der Waals surface area (Å²) in [6.07, 6.45) is 4.04.